The van der Waals surface area contributed by atoms with E-state index >= 15 is 0 Å². The number of hydrogen-bond acceptors (Lipinski definition) is 5. The van der Waals surface area contributed by atoms with Crippen LogP contribution in [0, 0.1) is 6.92 Å². The molecule has 2 aromatic carbocycles. The van der Waals surface area contributed by atoms with Crippen molar-refractivity contribution in [3.8, 4) is 5.69 Å². The molecule has 1 amide bonds. The van der Waals surface area contributed by atoms with Gasteiger partial charge in [-0.3, -0.25) is 9.69 Å². The lowest BCUT2D eigenvalue weighted by Gasteiger charge is -2.22. The molecule has 0 aliphatic carbocycles. The van der Waals surface area contributed by atoms with Crippen LogP contribution in [-0.2, 0) is 6.54 Å². The Morgan fingerprint density at radius 2 is 1.86 bits per heavy atom. The minimum absolute atomic E-state index is 0.111. The summed E-state index contributed by atoms with van der Waals surface area (Å²) in [6, 6.07) is 17.7. The van der Waals surface area contributed by atoms with Crippen LogP contribution in [0.15, 0.2) is 54.6 Å². The normalized spacial score (nSPS) is 15.4. The third kappa shape index (κ3) is 4.09. The van der Waals surface area contributed by atoms with Crippen LogP contribution >= 0.6 is 0 Å². The topological polar surface area (TPSA) is 67.2 Å². The molecule has 1 aliphatic rings. The number of rotatable bonds is 4. The lowest BCUT2D eigenvalue weighted by molar-refractivity contribution is 0.0761. The average molecular weight is 376 g/mol. The first-order chi connectivity index (χ1) is 13.7. The Morgan fingerprint density at radius 1 is 1.00 bits per heavy atom. The van der Waals surface area contributed by atoms with Crippen LogP contribution < -0.4 is 0 Å². The number of amides is 1. The molecule has 144 valence electrons. The fourth-order valence-electron chi connectivity index (χ4n) is 3.57. The Labute approximate surface area is 164 Å². The van der Waals surface area contributed by atoms with Gasteiger partial charge in [-0.2, -0.15) is 4.68 Å². The molecule has 0 bridgehead atoms. The van der Waals surface area contributed by atoms with Crippen LogP contribution in [0.1, 0.15) is 28.2 Å². The maximum absolute atomic E-state index is 12.8. The average Bonchev–Trinajstić information content (AvgIpc) is 3.05. The van der Waals surface area contributed by atoms with Gasteiger partial charge in [0.05, 0.1) is 12.2 Å². The first kappa shape index (κ1) is 18.3. The predicted molar refractivity (Wildman–Crippen MR) is 106 cm³/mol. The SMILES string of the molecule is Cc1cccc(C(=O)N2CCCN(Cc3nnnn3-c3ccccc3)CC2)c1. The van der Waals surface area contributed by atoms with Gasteiger partial charge in [0.15, 0.2) is 5.82 Å². The first-order valence-electron chi connectivity index (χ1n) is 9.62. The van der Waals surface area contributed by atoms with E-state index in [1.807, 2.05) is 66.4 Å². The molecule has 1 aromatic heterocycles. The van der Waals surface area contributed by atoms with Gasteiger partial charge in [0, 0.05) is 31.7 Å². The van der Waals surface area contributed by atoms with Crippen molar-refractivity contribution in [2.45, 2.75) is 19.9 Å². The summed E-state index contributed by atoms with van der Waals surface area (Å²) in [5.41, 5.74) is 2.82. The van der Waals surface area contributed by atoms with Crippen molar-refractivity contribution in [1.29, 1.82) is 0 Å². The number of nitrogens with zero attached hydrogens (tertiary/aromatic N) is 6. The quantitative estimate of drug-likeness (QED) is 0.699. The van der Waals surface area contributed by atoms with E-state index < -0.39 is 0 Å². The van der Waals surface area contributed by atoms with Crippen molar-refractivity contribution in [3.63, 3.8) is 0 Å². The number of aromatic nitrogens is 4. The van der Waals surface area contributed by atoms with Crippen molar-refractivity contribution in [2.24, 2.45) is 0 Å². The lowest BCUT2D eigenvalue weighted by atomic mass is 10.1. The Hall–Kier alpha value is -3.06. The molecule has 4 rings (SSSR count). The van der Waals surface area contributed by atoms with Gasteiger partial charge in [-0.05, 0) is 48.0 Å². The molecule has 1 saturated heterocycles. The monoisotopic (exact) mass is 376 g/mol. The second-order valence-corrected chi connectivity index (χ2v) is 7.13. The number of carbonyl (C=O) groups is 1. The summed E-state index contributed by atoms with van der Waals surface area (Å²) >= 11 is 0. The zero-order chi connectivity index (χ0) is 19.3. The van der Waals surface area contributed by atoms with Crippen LogP contribution in [0.2, 0.25) is 0 Å². The van der Waals surface area contributed by atoms with Gasteiger partial charge in [-0.15, -0.1) is 5.10 Å². The molecule has 7 heteroatoms. The highest BCUT2D eigenvalue weighted by molar-refractivity contribution is 5.94. The van der Waals surface area contributed by atoms with Gasteiger partial charge >= 0.3 is 0 Å². The van der Waals surface area contributed by atoms with Crippen molar-refractivity contribution in [1.82, 2.24) is 30.0 Å². The van der Waals surface area contributed by atoms with Gasteiger partial charge in [0.1, 0.15) is 0 Å². The molecule has 0 N–H and O–H groups in total. The predicted octanol–water partition coefficient (Wildman–Crippen LogP) is 2.32. The molecule has 0 spiro atoms. The van der Waals surface area contributed by atoms with Gasteiger partial charge in [-0.1, -0.05) is 35.9 Å². The molecule has 0 unspecified atom stereocenters. The van der Waals surface area contributed by atoms with E-state index in [1.54, 1.807) is 4.68 Å². The van der Waals surface area contributed by atoms with Crippen LogP contribution in [0.4, 0.5) is 0 Å². The zero-order valence-corrected chi connectivity index (χ0v) is 16.0. The highest BCUT2D eigenvalue weighted by atomic mass is 16.2. The number of tetrazole rings is 1. The van der Waals surface area contributed by atoms with Crippen molar-refractivity contribution in [3.05, 3.63) is 71.5 Å². The van der Waals surface area contributed by atoms with Crippen LogP contribution in [0.3, 0.4) is 0 Å². The molecule has 0 radical (unpaired) electrons. The van der Waals surface area contributed by atoms with Gasteiger partial charge in [0.2, 0.25) is 0 Å². The van der Waals surface area contributed by atoms with E-state index in [2.05, 4.69) is 20.4 Å². The Bertz CT molecular complexity index is 939. The number of benzene rings is 2. The molecule has 0 atom stereocenters. The standard InChI is InChI=1S/C21H24N6O/c1-17-7-5-8-18(15-17)21(28)26-12-6-11-25(13-14-26)16-20-22-23-24-27(20)19-9-3-2-4-10-19/h2-5,7-10,15H,6,11-14,16H2,1H3. The van der Waals surface area contributed by atoms with Crippen LogP contribution in [0.5, 0.6) is 0 Å². The van der Waals surface area contributed by atoms with Crippen molar-refractivity contribution < 1.29 is 4.79 Å². The summed E-state index contributed by atoms with van der Waals surface area (Å²) in [4.78, 5) is 17.1. The molecule has 1 aliphatic heterocycles. The molecule has 2 heterocycles. The first-order valence-corrected chi connectivity index (χ1v) is 9.62. The van der Waals surface area contributed by atoms with E-state index in [0.717, 1.165) is 48.7 Å². The smallest absolute Gasteiger partial charge is 0.253 e. The van der Waals surface area contributed by atoms with Gasteiger partial charge < -0.3 is 4.90 Å². The fourth-order valence-corrected chi connectivity index (χ4v) is 3.57. The summed E-state index contributed by atoms with van der Waals surface area (Å²) < 4.78 is 1.78. The summed E-state index contributed by atoms with van der Waals surface area (Å²) in [5, 5.41) is 12.2. The van der Waals surface area contributed by atoms with E-state index in [1.165, 1.54) is 0 Å². The fraction of sp³-hybridized carbons (Fsp3) is 0.333. The summed E-state index contributed by atoms with van der Waals surface area (Å²) in [6.07, 6.45) is 0.935. The van der Waals surface area contributed by atoms with Crippen LogP contribution in [0.25, 0.3) is 5.69 Å². The molecule has 3 aromatic rings. The Balaban J connectivity index is 1.41. The van der Waals surface area contributed by atoms with Crippen molar-refractivity contribution >= 4 is 5.91 Å². The van der Waals surface area contributed by atoms with E-state index in [-0.39, 0.29) is 5.91 Å². The molecule has 0 saturated carbocycles. The molecular formula is C21H24N6O. The minimum atomic E-state index is 0.111. The van der Waals surface area contributed by atoms with Gasteiger partial charge in [-0.25, -0.2) is 0 Å². The maximum Gasteiger partial charge on any atom is 0.253 e. The number of hydrogen-bond donors (Lipinski definition) is 0. The van der Waals surface area contributed by atoms with E-state index in [9.17, 15) is 4.79 Å². The highest BCUT2D eigenvalue weighted by Gasteiger charge is 2.22. The van der Waals surface area contributed by atoms with Crippen LogP contribution in [-0.4, -0.2) is 62.1 Å². The third-order valence-corrected chi connectivity index (χ3v) is 5.04. The number of para-hydroxylation sites is 1. The second-order valence-electron chi connectivity index (χ2n) is 7.13. The molecular weight excluding hydrogens is 352 g/mol. The molecule has 28 heavy (non-hydrogen) atoms. The second kappa shape index (κ2) is 8.31. The van der Waals surface area contributed by atoms with E-state index in [0.29, 0.717) is 13.1 Å². The maximum atomic E-state index is 12.8. The zero-order valence-electron chi connectivity index (χ0n) is 16.0. The Kier molecular flexibility index (Phi) is 5.43. The molecule has 1 fully saturated rings. The largest absolute Gasteiger partial charge is 0.337 e. The number of aryl methyl sites for hydroxylation is 1. The molecule has 7 nitrogen and oxygen atoms in total. The number of carbonyl (C=O) groups excluding carboxylic acids is 1. The van der Waals surface area contributed by atoms with E-state index in [4.69, 9.17) is 0 Å². The summed E-state index contributed by atoms with van der Waals surface area (Å²) in [6.45, 7) is 5.87. The van der Waals surface area contributed by atoms with Crippen molar-refractivity contribution in [2.75, 3.05) is 26.2 Å². The highest BCUT2D eigenvalue weighted by Crippen LogP contribution is 2.14. The third-order valence-electron chi connectivity index (χ3n) is 5.04. The minimum Gasteiger partial charge on any atom is -0.337 e. The summed E-state index contributed by atoms with van der Waals surface area (Å²) in [5.74, 6) is 0.921. The lowest BCUT2D eigenvalue weighted by Crippen LogP contribution is -2.35. The summed E-state index contributed by atoms with van der Waals surface area (Å²) in [7, 11) is 0. The Morgan fingerprint density at radius 3 is 2.68 bits per heavy atom. The van der Waals surface area contributed by atoms with Gasteiger partial charge in [0.25, 0.3) is 5.91 Å².